The number of benzene rings is 3. The molecular weight excluding hydrogens is 352 g/mol. The third kappa shape index (κ3) is 2.99. The molecule has 3 amide bonds. The van der Waals surface area contributed by atoms with Crippen molar-refractivity contribution in [3.8, 4) is 5.75 Å². The normalized spacial score (nSPS) is 19.2. The molecule has 0 aromatic heterocycles. The maximum absolute atomic E-state index is 13.2. The van der Waals surface area contributed by atoms with E-state index in [0.29, 0.717) is 0 Å². The molecule has 0 radical (unpaired) electrons. The van der Waals surface area contributed by atoms with Gasteiger partial charge in [0.05, 0.1) is 13.7 Å². The molecule has 0 aliphatic carbocycles. The number of urea groups is 1. The Balaban J connectivity index is 1.65. The predicted octanol–water partition coefficient (Wildman–Crippen LogP) is 4.12. The van der Waals surface area contributed by atoms with Crippen molar-refractivity contribution in [3.63, 3.8) is 0 Å². The monoisotopic (exact) mass is 374 g/mol. The molecule has 1 atom stereocenters. The summed E-state index contributed by atoms with van der Waals surface area (Å²) in [7, 11) is 1.63. The zero-order chi connectivity index (χ0) is 19.9. The number of ether oxygens (including phenoxy) is 1. The first-order valence-corrected chi connectivity index (χ1v) is 9.19. The van der Waals surface area contributed by atoms with Crippen LogP contribution in [-0.4, -0.2) is 23.9 Å². The quantitative estimate of drug-likeness (QED) is 0.699. The number of fused-ring (bicyclic) bond motifs is 1. The minimum absolute atomic E-state index is 0.245. The number of nitrogens with zero attached hydrogens (tertiary/aromatic N) is 1. The van der Waals surface area contributed by atoms with E-state index in [-0.39, 0.29) is 18.5 Å². The Kier molecular flexibility index (Phi) is 4.30. The van der Waals surface area contributed by atoms with E-state index in [9.17, 15) is 9.59 Å². The van der Waals surface area contributed by atoms with Gasteiger partial charge in [-0.2, -0.15) is 0 Å². The molecular formula is C23H22N2O3. The summed E-state index contributed by atoms with van der Waals surface area (Å²) < 4.78 is 5.26. The smallest absolute Gasteiger partial charge is 0.325 e. The van der Waals surface area contributed by atoms with Crippen molar-refractivity contribution in [3.05, 3.63) is 77.4 Å². The average Bonchev–Trinajstić information content (AvgIpc) is 2.92. The average molecular weight is 374 g/mol. The highest BCUT2D eigenvalue weighted by atomic mass is 16.5. The second-order valence-corrected chi connectivity index (χ2v) is 7.36. The minimum Gasteiger partial charge on any atom is -0.497 e. The van der Waals surface area contributed by atoms with Gasteiger partial charge < -0.3 is 10.1 Å². The standard InChI is InChI=1S/C23H22N2O3/c1-15-4-6-16(7-5-15)14-25-21(26)23(2,24-22(25)27)19-10-8-18-13-20(28-3)11-9-17(18)12-19/h4-13H,14H2,1-3H3,(H,24,27). The number of carbonyl (C=O) groups excluding carboxylic acids is 2. The fourth-order valence-electron chi connectivity index (χ4n) is 3.57. The van der Waals surface area contributed by atoms with E-state index in [4.69, 9.17) is 4.74 Å². The first-order chi connectivity index (χ1) is 13.4. The summed E-state index contributed by atoms with van der Waals surface area (Å²) in [4.78, 5) is 27.0. The number of methoxy groups -OCH3 is 1. The lowest BCUT2D eigenvalue weighted by Crippen LogP contribution is -2.40. The molecule has 0 spiro atoms. The van der Waals surface area contributed by atoms with Gasteiger partial charge in [0.25, 0.3) is 5.91 Å². The Morgan fingerprint density at radius 3 is 2.36 bits per heavy atom. The first-order valence-electron chi connectivity index (χ1n) is 9.19. The molecule has 1 N–H and O–H groups in total. The largest absolute Gasteiger partial charge is 0.497 e. The zero-order valence-corrected chi connectivity index (χ0v) is 16.2. The summed E-state index contributed by atoms with van der Waals surface area (Å²) in [6, 6.07) is 19.0. The van der Waals surface area contributed by atoms with E-state index >= 15 is 0 Å². The molecule has 5 heteroatoms. The Hall–Kier alpha value is -3.34. The van der Waals surface area contributed by atoms with Crippen LogP contribution in [0, 0.1) is 6.92 Å². The molecule has 5 nitrogen and oxygen atoms in total. The van der Waals surface area contributed by atoms with Gasteiger partial charge in [0.2, 0.25) is 0 Å². The highest BCUT2D eigenvalue weighted by molar-refractivity contribution is 6.07. The van der Waals surface area contributed by atoms with Gasteiger partial charge in [0, 0.05) is 0 Å². The molecule has 4 rings (SSSR count). The second kappa shape index (κ2) is 6.68. The Labute approximate surface area is 163 Å². The van der Waals surface area contributed by atoms with E-state index in [2.05, 4.69) is 5.32 Å². The number of carbonyl (C=O) groups is 2. The zero-order valence-electron chi connectivity index (χ0n) is 16.2. The number of imide groups is 1. The fourth-order valence-corrected chi connectivity index (χ4v) is 3.57. The maximum atomic E-state index is 13.2. The fraction of sp³-hybridized carbons (Fsp3) is 0.217. The number of hydrogen-bond acceptors (Lipinski definition) is 3. The first kappa shape index (κ1) is 18.0. The number of nitrogens with one attached hydrogen (secondary N) is 1. The summed E-state index contributed by atoms with van der Waals surface area (Å²) in [6.45, 7) is 4.02. The van der Waals surface area contributed by atoms with Gasteiger partial charge >= 0.3 is 6.03 Å². The van der Waals surface area contributed by atoms with Crippen molar-refractivity contribution in [2.24, 2.45) is 0 Å². The van der Waals surface area contributed by atoms with Crippen LogP contribution in [0.25, 0.3) is 10.8 Å². The number of rotatable bonds is 4. The van der Waals surface area contributed by atoms with Gasteiger partial charge in [0.1, 0.15) is 11.3 Å². The lowest BCUT2D eigenvalue weighted by molar-refractivity contribution is -0.131. The van der Waals surface area contributed by atoms with Gasteiger partial charge in [-0.15, -0.1) is 0 Å². The van der Waals surface area contributed by atoms with Crippen molar-refractivity contribution in [2.75, 3.05) is 7.11 Å². The number of amides is 3. The summed E-state index contributed by atoms with van der Waals surface area (Å²) >= 11 is 0. The number of hydrogen-bond donors (Lipinski definition) is 1. The van der Waals surface area contributed by atoms with Crippen LogP contribution < -0.4 is 10.1 Å². The van der Waals surface area contributed by atoms with Crippen molar-refractivity contribution in [1.29, 1.82) is 0 Å². The van der Waals surface area contributed by atoms with Crippen molar-refractivity contribution < 1.29 is 14.3 Å². The molecule has 3 aromatic carbocycles. The maximum Gasteiger partial charge on any atom is 0.325 e. The Morgan fingerprint density at radius 1 is 0.964 bits per heavy atom. The number of aryl methyl sites for hydroxylation is 1. The summed E-state index contributed by atoms with van der Waals surface area (Å²) in [6.07, 6.45) is 0. The minimum atomic E-state index is -1.09. The third-order valence-corrected chi connectivity index (χ3v) is 5.36. The van der Waals surface area contributed by atoms with Crippen molar-refractivity contribution in [1.82, 2.24) is 10.2 Å². The molecule has 3 aromatic rings. The second-order valence-electron chi connectivity index (χ2n) is 7.36. The van der Waals surface area contributed by atoms with Crippen LogP contribution in [0.15, 0.2) is 60.7 Å². The molecule has 1 heterocycles. The lowest BCUT2D eigenvalue weighted by atomic mass is 9.90. The van der Waals surface area contributed by atoms with E-state index in [0.717, 1.165) is 33.2 Å². The van der Waals surface area contributed by atoms with Crippen LogP contribution in [0.3, 0.4) is 0 Å². The Morgan fingerprint density at radius 2 is 1.64 bits per heavy atom. The molecule has 28 heavy (non-hydrogen) atoms. The lowest BCUT2D eigenvalue weighted by Gasteiger charge is -2.23. The predicted molar refractivity (Wildman–Crippen MR) is 108 cm³/mol. The van der Waals surface area contributed by atoms with Gasteiger partial charge in [-0.3, -0.25) is 9.69 Å². The van der Waals surface area contributed by atoms with Crippen molar-refractivity contribution >= 4 is 22.7 Å². The molecule has 1 fully saturated rings. The summed E-state index contributed by atoms with van der Waals surface area (Å²) in [5.74, 6) is 0.534. The van der Waals surface area contributed by atoms with Gasteiger partial charge in [-0.25, -0.2) is 4.79 Å². The molecule has 142 valence electrons. The molecule has 1 aliphatic rings. The molecule has 1 unspecified atom stereocenters. The SMILES string of the molecule is COc1ccc2cc(C3(C)NC(=O)N(Cc4ccc(C)cc4)C3=O)ccc2c1. The summed E-state index contributed by atoms with van der Waals surface area (Å²) in [5, 5.41) is 4.88. The van der Waals surface area contributed by atoms with Crippen LogP contribution in [-0.2, 0) is 16.9 Å². The highest BCUT2D eigenvalue weighted by Gasteiger charge is 2.48. The summed E-state index contributed by atoms with van der Waals surface area (Å²) in [5.41, 5.74) is 1.73. The van der Waals surface area contributed by atoms with E-state index in [1.165, 1.54) is 4.90 Å². The topological polar surface area (TPSA) is 58.6 Å². The molecule has 1 saturated heterocycles. The van der Waals surface area contributed by atoms with E-state index in [1.54, 1.807) is 14.0 Å². The van der Waals surface area contributed by atoms with Crippen molar-refractivity contribution in [2.45, 2.75) is 25.9 Å². The van der Waals surface area contributed by atoms with Crippen LogP contribution in [0.5, 0.6) is 5.75 Å². The van der Waals surface area contributed by atoms with E-state index < -0.39 is 5.54 Å². The van der Waals surface area contributed by atoms with E-state index in [1.807, 2.05) is 67.6 Å². The van der Waals surface area contributed by atoms with Crippen LogP contribution >= 0.6 is 0 Å². The highest BCUT2D eigenvalue weighted by Crippen LogP contribution is 2.32. The van der Waals surface area contributed by atoms with Crippen LogP contribution in [0.4, 0.5) is 4.79 Å². The van der Waals surface area contributed by atoms with Gasteiger partial charge in [-0.1, -0.05) is 48.0 Å². The van der Waals surface area contributed by atoms with Crippen LogP contribution in [0.1, 0.15) is 23.6 Å². The Bertz CT molecular complexity index is 1070. The van der Waals surface area contributed by atoms with Gasteiger partial charge in [-0.05, 0) is 53.9 Å². The van der Waals surface area contributed by atoms with Crippen LogP contribution in [0.2, 0.25) is 0 Å². The molecule has 0 saturated carbocycles. The third-order valence-electron chi connectivity index (χ3n) is 5.36. The van der Waals surface area contributed by atoms with Gasteiger partial charge in [0.15, 0.2) is 0 Å². The molecule has 0 bridgehead atoms. The molecule has 1 aliphatic heterocycles.